The van der Waals surface area contributed by atoms with Gasteiger partial charge in [0.2, 0.25) is 0 Å². The average molecular weight is 1990 g/mol. The summed E-state index contributed by atoms with van der Waals surface area (Å²) in [6.07, 6.45) is 0. The molecule has 3 aliphatic rings. The fourth-order valence-corrected chi connectivity index (χ4v) is 26.9. The zero-order valence-electron chi connectivity index (χ0n) is 80.4. The van der Waals surface area contributed by atoms with E-state index in [2.05, 4.69) is 509 Å². The third kappa shape index (κ3) is 14.9. The van der Waals surface area contributed by atoms with Gasteiger partial charge in [-0.15, -0.1) is 45.3 Å². The molecular weight excluding hydrogens is 1910 g/mol. The lowest BCUT2D eigenvalue weighted by Crippen LogP contribution is -2.17. The van der Waals surface area contributed by atoms with Crippen LogP contribution in [0, 0.1) is 0 Å². The molecule has 24 aromatic carbocycles. The number of para-hydroxylation sites is 7. The minimum Gasteiger partial charge on any atom is -0.456 e. The zero-order chi connectivity index (χ0) is 98.5. The van der Waals surface area contributed by atoms with Crippen LogP contribution in [-0.4, -0.2) is 0 Å². The van der Waals surface area contributed by atoms with Crippen molar-refractivity contribution in [3.8, 4) is 34.5 Å². The minimum atomic E-state index is 0.795. The lowest BCUT2D eigenvalue weighted by atomic mass is 10.1. The van der Waals surface area contributed by atoms with Crippen LogP contribution in [0.5, 0.6) is 34.5 Å². The highest BCUT2D eigenvalue weighted by Crippen LogP contribution is 2.59. The molecule has 150 heavy (non-hydrogen) atoms. The number of nitrogens with zero attached hydrogens (tertiary/aromatic N) is 6. The fraction of sp³-hybridized carbons (Fsp3) is 0. The van der Waals surface area contributed by atoms with Gasteiger partial charge in [0.15, 0.2) is 34.5 Å². The molecule has 5 aromatic heterocycles. The van der Waals surface area contributed by atoms with Gasteiger partial charge in [0.25, 0.3) is 0 Å². The number of ether oxygens (including phenoxy) is 3. The summed E-state index contributed by atoms with van der Waals surface area (Å²) in [6, 6.07) is 182. The van der Waals surface area contributed by atoms with Crippen LogP contribution in [0.25, 0.3) is 146 Å². The maximum atomic E-state index is 6.74. The molecule has 0 fully saturated rings. The van der Waals surface area contributed by atoms with Crippen molar-refractivity contribution >= 4 is 293 Å². The summed E-state index contributed by atoms with van der Waals surface area (Å²) in [5, 5.41) is 22.2. The second-order valence-corrected chi connectivity index (χ2v) is 42.5. The van der Waals surface area contributed by atoms with E-state index in [9.17, 15) is 0 Å². The molecule has 10 nitrogen and oxygen atoms in total. The molecule has 14 heteroatoms. The van der Waals surface area contributed by atoms with Crippen LogP contribution in [0.1, 0.15) is 0 Å². The number of thiophene rings is 4. The van der Waals surface area contributed by atoms with E-state index in [-0.39, 0.29) is 0 Å². The van der Waals surface area contributed by atoms with Crippen molar-refractivity contribution in [3.05, 3.63) is 510 Å². The van der Waals surface area contributed by atoms with E-state index in [4.69, 9.17) is 18.6 Å². The van der Waals surface area contributed by atoms with Crippen LogP contribution in [0.4, 0.5) is 102 Å². The first kappa shape index (κ1) is 86.7. The second-order valence-electron chi connectivity index (χ2n) is 38.2. The van der Waals surface area contributed by atoms with Crippen LogP contribution in [0.3, 0.4) is 0 Å². The van der Waals surface area contributed by atoms with Gasteiger partial charge in [-0.2, -0.15) is 0 Å². The third-order valence-corrected chi connectivity index (χ3v) is 33.9. The van der Waals surface area contributed by atoms with E-state index in [1.165, 1.54) is 124 Å². The minimum absolute atomic E-state index is 0.795. The predicted octanol–water partition coefficient (Wildman–Crippen LogP) is 42.2. The SMILES string of the molecule is c1ccc2c(c1)Oc1cc(N(c3ccc4ccccc4c3)c3ccc4c(c3)sc3ccccc34)ccc1N2c1ccc2c(c1)sc1ccccc12.c1ccc2c(c1)Oc1cc(N(c3ccc4ccccc4c3)c3ccc4ccccc4c3)ccc1N2c1ccc2c(c1)sc1ccccc12.c1ccc2c(c1)Oc1cc(N(c3ccc4ccccc4c3)c3ccc4oc5ccccc5c4c3)ccc1N2c1ccc2c(c1)sc1ccccc12. The summed E-state index contributed by atoms with van der Waals surface area (Å²) in [5.41, 5.74) is 20.7. The Hall–Kier alpha value is -18.8. The molecule has 706 valence electrons. The number of hydrogen-bond donors (Lipinski definition) is 0. The van der Waals surface area contributed by atoms with Crippen molar-refractivity contribution in [1.29, 1.82) is 0 Å². The fourth-order valence-electron chi connectivity index (χ4n) is 22.4. The number of rotatable bonds is 12. The molecule has 0 N–H and O–H groups in total. The summed E-state index contributed by atoms with van der Waals surface area (Å²) in [7, 11) is 0. The van der Waals surface area contributed by atoms with Crippen LogP contribution in [0.15, 0.2) is 514 Å². The van der Waals surface area contributed by atoms with Crippen molar-refractivity contribution in [3.63, 3.8) is 0 Å². The van der Waals surface area contributed by atoms with Gasteiger partial charge in [0.1, 0.15) is 11.2 Å². The first-order valence-corrected chi connectivity index (χ1v) is 53.6. The Morgan fingerprint density at radius 3 is 0.747 bits per heavy atom. The summed E-state index contributed by atoms with van der Waals surface area (Å²) < 4.78 is 36.7. The van der Waals surface area contributed by atoms with Crippen LogP contribution in [0.2, 0.25) is 0 Å². The normalized spacial score (nSPS) is 12.4. The molecule has 0 amide bonds. The van der Waals surface area contributed by atoms with Crippen LogP contribution < -0.4 is 43.6 Å². The van der Waals surface area contributed by atoms with Gasteiger partial charge in [-0.1, -0.05) is 273 Å². The molecule has 0 spiro atoms. The Kier molecular flexibility index (Phi) is 20.5. The topological polar surface area (TPSA) is 60.3 Å². The van der Waals surface area contributed by atoms with E-state index in [1.807, 2.05) is 75.7 Å². The standard InChI is InChI=1S/C46H28N2O2S.C46H28N2OS2.C44H28N2OS/c1-2-10-30-25-31(18-17-29(30)9-1)47(32-21-24-42-38(26-32)35-11-3-6-14-41(35)49-42)33-20-23-40-44(27-33)50-43-15-7-5-13-39(43)48(40)34-19-22-37-36-12-4-8-16-45(36)51-46(37)28-34;1-2-10-30-25-31(18-17-29(30)9-1)47(33-19-22-37-35-11-3-7-15-43(35)50-45(37)27-33)32-21-24-40-42(26-32)49-41-14-6-5-13-39(41)48(40)34-20-23-38-36-12-4-8-16-44(36)51-46(38)28-34;1-3-11-31-25-33(19-17-29(31)9-1)45(34-20-18-30-10-2-4-12-32(30)26-34)35-22-24-40-42(27-35)47-41-15-7-6-14-39(41)46(40)36-21-23-38-37-13-5-8-16-43(37)48-44(38)28-36/h2*1-28H;1-28H. The summed E-state index contributed by atoms with van der Waals surface area (Å²) in [5.74, 6) is 4.92. The largest absolute Gasteiger partial charge is 0.456 e. The Morgan fingerprint density at radius 2 is 0.387 bits per heavy atom. The second kappa shape index (κ2) is 35.6. The zero-order valence-corrected chi connectivity index (χ0v) is 83.7. The van der Waals surface area contributed by atoms with E-state index >= 15 is 0 Å². The molecule has 0 unspecified atom stereocenters. The van der Waals surface area contributed by atoms with Crippen molar-refractivity contribution in [2.24, 2.45) is 0 Å². The van der Waals surface area contributed by atoms with Gasteiger partial charge in [-0.25, -0.2) is 0 Å². The van der Waals surface area contributed by atoms with Crippen molar-refractivity contribution in [1.82, 2.24) is 0 Å². The lowest BCUT2D eigenvalue weighted by molar-refractivity contribution is 0.477. The Morgan fingerprint density at radius 1 is 0.147 bits per heavy atom. The van der Waals surface area contributed by atoms with Gasteiger partial charge in [-0.05, 0) is 261 Å². The molecule has 0 saturated carbocycles. The van der Waals surface area contributed by atoms with Gasteiger partial charge in [-0.3, -0.25) is 0 Å². The van der Waals surface area contributed by atoms with E-state index in [0.29, 0.717) is 0 Å². The Labute approximate surface area is 878 Å². The molecule has 0 bridgehead atoms. The van der Waals surface area contributed by atoms with E-state index < -0.39 is 0 Å². The third-order valence-electron chi connectivity index (χ3n) is 29.4. The molecule has 29 aromatic rings. The van der Waals surface area contributed by atoms with E-state index in [0.717, 1.165) is 159 Å². The Bertz CT molecular complexity index is 10500. The molecule has 0 radical (unpaired) electrons. The number of anilines is 18. The van der Waals surface area contributed by atoms with Gasteiger partial charge in [0.05, 0.1) is 34.1 Å². The van der Waals surface area contributed by atoms with Crippen molar-refractivity contribution in [2.75, 3.05) is 29.4 Å². The predicted molar refractivity (Wildman–Crippen MR) is 637 cm³/mol. The smallest absolute Gasteiger partial charge is 0.153 e. The number of fused-ring (bicyclic) bond motifs is 25. The lowest BCUT2D eigenvalue weighted by Gasteiger charge is -2.34. The maximum absolute atomic E-state index is 6.74. The number of furan rings is 1. The number of hydrogen-bond acceptors (Lipinski definition) is 14. The summed E-state index contributed by atoms with van der Waals surface area (Å²) in [6.45, 7) is 0. The molecule has 0 saturated heterocycles. The maximum Gasteiger partial charge on any atom is 0.153 e. The first-order valence-electron chi connectivity index (χ1n) is 50.3. The van der Waals surface area contributed by atoms with Crippen LogP contribution >= 0.6 is 45.3 Å². The molecule has 0 atom stereocenters. The quantitative estimate of drug-likeness (QED) is 0.118. The summed E-state index contributed by atoms with van der Waals surface area (Å²) >= 11 is 7.36. The molecular formula is C136H84N6O4S4. The highest BCUT2D eigenvalue weighted by molar-refractivity contribution is 7.27. The van der Waals surface area contributed by atoms with Crippen molar-refractivity contribution in [2.45, 2.75) is 0 Å². The number of benzene rings is 24. The molecule has 32 rings (SSSR count). The Balaban J connectivity index is 0.000000103. The molecule has 0 aliphatic carbocycles. The molecule has 8 heterocycles. The first-order chi connectivity index (χ1) is 74.3. The highest BCUT2D eigenvalue weighted by Gasteiger charge is 2.34. The van der Waals surface area contributed by atoms with Crippen molar-refractivity contribution < 1.29 is 18.6 Å². The average Bonchev–Trinajstić information content (AvgIpc) is 0.854. The molecule has 3 aliphatic heterocycles. The monoisotopic (exact) mass is 1990 g/mol. The summed E-state index contributed by atoms with van der Waals surface area (Å²) in [4.78, 5) is 14.0. The van der Waals surface area contributed by atoms with Gasteiger partial charge < -0.3 is 48.0 Å². The van der Waals surface area contributed by atoms with Gasteiger partial charge >= 0.3 is 0 Å². The van der Waals surface area contributed by atoms with E-state index in [1.54, 1.807) is 0 Å². The highest BCUT2D eigenvalue weighted by atomic mass is 32.1. The van der Waals surface area contributed by atoms with Gasteiger partial charge in [0, 0.05) is 178 Å². The van der Waals surface area contributed by atoms with Crippen LogP contribution in [-0.2, 0) is 0 Å².